The quantitative estimate of drug-likeness (QED) is 0.667. The van der Waals surface area contributed by atoms with Gasteiger partial charge in [-0.1, -0.05) is 38.8 Å². The van der Waals surface area contributed by atoms with Crippen LogP contribution in [0.25, 0.3) is 0 Å². The standard InChI is InChI=1S/C13H24O/c1-3-4-5-8-11(2)13(14)12-9-6-7-10-12/h4-5,11-14H,3,6-10H2,1-2H3/b5-4+. The number of aliphatic hydroxyl groups is 1. The van der Waals surface area contributed by atoms with Crippen molar-refractivity contribution in [3.63, 3.8) is 0 Å². The summed E-state index contributed by atoms with van der Waals surface area (Å²) in [6.45, 7) is 4.32. The second-order valence-electron chi connectivity index (χ2n) is 4.63. The predicted molar refractivity (Wildman–Crippen MR) is 61.2 cm³/mol. The third-order valence-corrected chi connectivity index (χ3v) is 3.38. The average Bonchev–Trinajstić information content (AvgIpc) is 2.69. The third kappa shape index (κ3) is 3.45. The molecule has 0 saturated heterocycles. The van der Waals surface area contributed by atoms with Gasteiger partial charge in [0.05, 0.1) is 6.10 Å². The van der Waals surface area contributed by atoms with Crippen LogP contribution >= 0.6 is 0 Å². The summed E-state index contributed by atoms with van der Waals surface area (Å²) < 4.78 is 0. The molecule has 1 aliphatic rings. The molecule has 1 aliphatic carbocycles. The van der Waals surface area contributed by atoms with Gasteiger partial charge in [0.2, 0.25) is 0 Å². The SMILES string of the molecule is CC/C=C/CC(C)C(O)C1CCCC1. The van der Waals surface area contributed by atoms with Crippen LogP contribution in [0.5, 0.6) is 0 Å². The van der Waals surface area contributed by atoms with Crippen LogP contribution in [0.4, 0.5) is 0 Å². The monoisotopic (exact) mass is 196 g/mol. The lowest BCUT2D eigenvalue weighted by molar-refractivity contribution is 0.0611. The zero-order valence-electron chi connectivity index (χ0n) is 9.58. The lowest BCUT2D eigenvalue weighted by Crippen LogP contribution is -2.25. The first-order valence-corrected chi connectivity index (χ1v) is 6.08. The van der Waals surface area contributed by atoms with Crippen molar-refractivity contribution in [2.75, 3.05) is 0 Å². The molecular weight excluding hydrogens is 172 g/mol. The topological polar surface area (TPSA) is 20.2 Å². The normalized spacial score (nSPS) is 23.1. The molecule has 0 aromatic carbocycles. The fraction of sp³-hybridized carbons (Fsp3) is 0.846. The highest BCUT2D eigenvalue weighted by atomic mass is 16.3. The molecule has 1 rings (SSSR count). The van der Waals surface area contributed by atoms with Crippen molar-refractivity contribution in [2.24, 2.45) is 11.8 Å². The van der Waals surface area contributed by atoms with Crippen molar-refractivity contribution in [2.45, 2.75) is 58.5 Å². The molecule has 1 saturated carbocycles. The van der Waals surface area contributed by atoms with Gasteiger partial charge in [0.25, 0.3) is 0 Å². The Morgan fingerprint density at radius 2 is 1.93 bits per heavy atom. The molecule has 0 spiro atoms. The van der Waals surface area contributed by atoms with E-state index in [1.165, 1.54) is 25.7 Å². The van der Waals surface area contributed by atoms with Crippen LogP contribution in [0, 0.1) is 11.8 Å². The highest BCUT2D eigenvalue weighted by Crippen LogP contribution is 2.31. The molecule has 1 heteroatoms. The van der Waals surface area contributed by atoms with Crippen LogP contribution in [0.15, 0.2) is 12.2 Å². The summed E-state index contributed by atoms with van der Waals surface area (Å²) in [6, 6.07) is 0. The van der Waals surface area contributed by atoms with Crippen molar-refractivity contribution < 1.29 is 5.11 Å². The summed E-state index contributed by atoms with van der Waals surface area (Å²) in [4.78, 5) is 0. The molecule has 0 aliphatic heterocycles. The number of hydrogen-bond acceptors (Lipinski definition) is 1. The van der Waals surface area contributed by atoms with Crippen molar-refractivity contribution in [1.29, 1.82) is 0 Å². The van der Waals surface area contributed by atoms with Crippen LogP contribution in [-0.2, 0) is 0 Å². The lowest BCUT2D eigenvalue weighted by atomic mass is 9.89. The fourth-order valence-corrected chi connectivity index (χ4v) is 2.38. The smallest absolute Gasteiger partial charge is 0.0596 e. The van der Waals surface area contributed by atoms with Gasteiger partial charge < -0.3 is 5.11 Å². The molecule has 2 atom stereocenters. The molecule has 82 valence electrons. The van der Waals surface area contributed by atoms with Gasteiger partial charge in [-0.15, -0.1) is 0 Å². The van der Waals surface area contributed by atoms with E-state index >= 15 is 0 Å². The van der Waals surface area contributed by atoms with Gasteiger partial charge in [-0.2, -0.15) is 0 Å². The van der Waals surface area contributed by atoms with Gasteiger partial charge in [-0.25, -0.2) is 0 Å². The first-order valence-electron chi connectivity index (χ1n) is 6.08. The van der Waals surface area contributed by atoms with E-state index in [1.54, 1.807) is 0 Å². The van der Waals surface area contributed by atoms with Crippen molar-refractivity contribution in [3.05, 3.63) is 12.2 Å². The first-order chi connectivity index (χ1) is 6.75. The Hall–Kier alpha value is -0.300. The molecule has 0 radical (unpaired) electrons. The summed E-state index contributed by atoms with van der Waals surface area (Å²) in [5, 5.41) is 10.1. The highest BCUT2D eigenvalue weighted by molar-refractivity contribution is 4.86. The lowest BCUT2D eigenvalue weighted by Gasteiger charge is -2.23. The highest BCUT2D eigenvalue weighted by Gasteiger charge is 2.26. The van der Waals surface area contributed by atoms with E-state index < -0.39 is 0 Å². The maximum Gasteiger partial charge on any atom is 0.0596 e. The second kappa shape index (κ2) is 6.23. The van der Waals surface area contributed by atoms with Gasteiger partial charge in [0.15, 0.2) is 0 Å². The molecule has 1 fully saturated rings. The summed E-state index contributed by atoms with van der Waals surface area (Å²) in [5.41, 5.74) is 0. The van der Waals surface area contributed by atoms with Gasteiger partial charge in [-0.3, -0.25) is 0 Å². The fourth-order valence-electron chi connectivity index (χ4n) is 2.38. The third-order valence-electron chi connectivity index (χ3n) is 3.38. The number of aliphatic hydroxyl groups excluding tert-OH is 1. The molecule has 0 amide bonds. The van der Waals surface area contributed by atoms with E-state index in [2.05, 4.69) is 26.0 Å². The van der Waals surface area contributed by atoms with Gasteiger partial charge in [0.1, 0.15) is 0 Å². The molecule has 0 aromatic rings. The molecule has 0 bridgehead atoms. The van der Waals surface area contributed by atoms with Gasteiger partial charge in [0, 0.05) is 0 Å². The Bertz CT molecular complexity index is 168. The van der Waals surface area contributed by atoms with E-state index in [-0.39, 0.29) is 6.10 Å². The predicted octanol–water partition coefficient (Wildman–Crippen LogP) is 3.53. The van der Waals surface area contributed by atoms with E-state index in [1.807, 2.05) is 0 Å². The Balaban J connectivity index is 2.27. The largest absolute Gasteiger partial charge is 0.393 e. The minimum Gasteiger partial charge on any atom is -0.393 e. The minimum atomic E-state index is -0.0704. The Kier molecular flexibility index (Phi) is 5.24. The molecule has 0 aromatic heterocycles. The molecule has 1 nitrogen and oxygen atoms in total. The number of hydrogen-bond donors (Lipinski definition) is 1. The maximum absolute atomic E-state index is 10.1. The van der Waals surface area contributed by atoms with Crippen LogP contribution < -0.4 is 0 Å². The van der Waals surface area contributed by atoms with Crippen LogP contribution in [0.1, 0.15) is 52.4 Å². The van der Waals surface area contributed by atoms with Crippen molar-refractivity contribution in [1.82, 2.24) is 0 Å². The Morgan fingerprint density at radius 1 is 1.29 bits per heavy atom. The van der Waals surface area contributed by atoms with Gasteiger partial charge in [-0.05, 0) is 37.5 Å². The van der Waals surface area contributed by atoms with Crippen LogP contribution in [0.2, 0.25) is 0 Å². The molecule has 14 heavy (non-hydrogen) atoms. The first kappa shape index (κ1) is 11.8. The van der Waals surface area contributed by atoms with E-state index in [9.17, 15) is 5.11 Å². The van der Waals surface area contributed by atoms with Crippen LogP contribution in [0.3, 0.4) is 0 Å². The average molecular weight is 196 g/mol. The summed E-state index contributed by atoms with van der Waals surface area (Å²) in [5.74, 6) is 1.01. The molecule has 2 unspecified atom stereocenters. The van der Waals surface area contributed by atoms with Crippen LogP contribution in [-0.4, -0.2) is 11.2 Å². The molecule has 1 N–H and O–H groups in total. The van der Waals surface area contributed by atoms with Crippen molar-refractivity contribution in [3.8, 4) is 0 Å². The number of rotatable bonds is 5. The van der Waals surface area contributed by atoms with E-state index in [0.717, 1.165) is 12.8 Å². The summed E-state index contributed by atoms with van der Waals surface area (Å²) in [6.07, 6.45) is 11.6. The minimum absolute atomic E-state index is 0.0704. The molecule has 0 heterocycles. The maximum atomic E-state index is 10.1. The number of allylic oxidation sites excluding steroid dienone is 2. The summed E-state index contributed by atoms with van der Waals surface area (Å²) >= 11 is 0. The second-order valence-corrected chi connectivity index (χ2v) is 4.63. The van der Waals surface area contributed by atoms with Crippen molar-refractivity contribution >= 4 is 0 Å². The Morgan fingerprint density at radius 3 is 2.50 bits per heavy atom. The van der Waals surface area contributed by atoms with E-state index in [0.29, 0.717) is 11.8 Å². The summed E-state index contributed by atoms with van der Waals surface area (Å²) in [7, 11) is 0. The zero-order valence-corrected chi connectivity index (χ0v) is 9.58. The van der Waals surface area contributed by atoms with E-state index in [4.69, 9.17) is 0 Å². The van der Waals surface area contributed by atoms with Gasteiger partial charge >= 0.3 is 0 Å². The zero-order chi connectivity index (χ0) is 10.4. The molecular formula is C13H24O. The Labute approximate surface area is 88.2 Å².